The lowest BCUT2D eigenvalue weighted by atomic mass is 10.1. The summed E-state index contributed by atoms with van der Waals surface area (Å²) in [6.07, 6.45) is 5.37. The summed E-state index contributed by atoms with van der Waals surface area (Å²) in [5.41, 5.74) is 0.758. The Kier molecular flexibility index (Phi) is 6.69. The highest BCUT2D eigenvalue weighted by Gasteiger charge is 2.13. The normalized spacial score (nSPS) is 15.2. The first kappa shape index (κ1) is 18.0. The van der Waals surface area contributed by atoms with E-state index in [9.17, 15) is 0 Å². The van der Waals surface area contributed by atoms with Crippen molar-refractivity contribution in [3.05, 3.63) is 23.6 Å². The molecule has 126 valence electrons. The number of rotatable bonds is 5. The number of piperidine rings is 1. The molecule has 2 aromatic rings. The number of likely N-dealkylation sites (tertiary alicyclic amines) is 1. The van der Waals surface area contributed by atoms with Gasteiger partial charge in [0.1, 0.15) is 18.1 Å². The van der Waals surface area contributed by atoms with E-state index in [2.05, 4.69) is 14.9 Å². The third-order valence-electron chi connectivity index (χ3n) is 3.99. The van der Waals surface area contributed by atoms with E-state index in [4.69, 9.17) is 21.1 Å². The summed E-state index contributed by atoms with van der Waals surface area (Å²) in [7, 11) is 1.62. The zero-order valence-corrected chi connectivity index (χ0v) is 14.7. The van der Waals surface area contributed by atoms with Crippen LogP contribution in [0.1, 0.15) is 19.3 Å². The van der Waals surface area contributed by atoms with Gasteiger partial charge in [-0.15, -0.1) is 12.4 Å². The van der Waals surface area contributed by atoms with E-state index >= 15 is 0 Å². The molecule has 1 aliphatic rings. The Balaban J connectivity index is 0.00000192. The van der Waals surface area contributed by atoms with E-state index in [1.165, 1.54) is 38.7 Å². The van der Waals surface area contributed by atoms with Crippen LogP contribution in [0.15, 0.2) is 18.5 Å². The summed E-state index contributed by atoms with van der Waals surface area (Å²) in [6.45, 7) is 3.91. The molecule has 1 aromatic carbocycles. The van der Waals surface area contributed by atoms with Gasteiger partial charge in [-0.05, 0) is 32.0 Å². The highest BCUT2D eigenvalue weighted by Crippen LogP contribution is 2.33. The lowest BCUT2D eigenvalue weighted by molar-refractivity contribution is 0.181. The van der Waals surface area contributed by atoms with E-state index in [0.717, 1.165) is 17.4 Å². The van der Waals surface area contributed by atoms with Gasteiger partial charge >= 0.3 is 0 Å². The van der Waals surface area contributed by atoms with E-state index < -0.39 is 0 Å². The van der Waals surface area contributed by atoms with Crippen molar-refractivity contribution in [2.45, 2.75) is 19.3 Å². The molecule has 3 rings (SSSR count). The Bertz CT molecular complexity index is 649. The molecule has 1 fully saturated rings. The number of hydrogen-bond acceptors (Lipinski definition) is 5. The predicted molar refractivity (Wildman–Crippen MR) is 94.1 cm³/mol. The molecule has 0 aliphatic carbocycles. The Morgan fingerprint density at radius 1 is 1.13 bits per heavy atom. The van der Waals surface area contributed by atoms with Gasteiger partial charge < -0.3 is 9.47 Å². The number of hydrogen-bond donors (Lipinski definition) is 0. The quantitative estimate of drug-likeness (QED) is 0.765. The van der Waals surface area contributed by atoms with Crippen LogP contribution >= 0.6 is 24.0 Å². The molecule has 0 spiro atoms. The minimum atomic E-state index is 0. The second-order valence-corrected chi connectivity index (χ2v) is 5.79. The molecule has 23 heavy (non-hydrogen) atoms. The van der Waals surface area contributed by atoms with E-state index in [0.29, 0.717) is 23.3 Å². The van der Waals surface area contributed by atoms with Gasteiger partial charge in [-0.2, -0.15) is 0 Å². The average molecular weight is 358 g/mol. The molecule has 0 radical (unpaired) electrons. The number of halogens is 2. The van der Waals surface area contributed by atoms with Crippen LogP contribution in [0.5, 0.6) is 11.5 Å². The highest BCUT2D eigenvalue weighted by molar-refractivity contribution is 6.34. The zero-order valence-electron chi connectivity index (χ0n) is 13.1. The van der Waals surface area contributed by atoms with Crippen LogP contribution in [0.2, 0.25) is 5.15 Å². The lowest BCUT2D eigenvalue weighted by Crippen LogP contribution is -2.33. The van der Waals surface area contributed by atoms with Crippen molar-refractivity contribution in [3.63, 3.8) is 0 Å². The molecule has 0 N–H and O–H groups in total. The molecule has 5 nitrogen and oxygen atoms in total. The summed E-state index contributed by atoms with van der Waals surface area (Å²) in [6, 6.07) is 3.69. The highest BCUT2D eigenvalue weighted by atomic mass is 35.5. The molecule has 1 aromatic heterocycles. The first-order chi connectivity index (χ1) is 10.8. The SMILES string of the molecule is COc1cc2c(Cl)ncnc2cc1OCCN1CCCCC1.Cl. The Morgan fingerprint density at radius 2 is 1.91 bits per heavy atom. The Labute approximate surface area is 147 Å². The van der Waals surface area contributed by atoms with Crippen LogP contribution in [0.25, 0.3) is 10.9 Å². The first-order valence-electron chi connectivity index (χ1n) is 7.61. The molecule has 0 bridgehead atoms. The van der Waals surface area contributed by atoms with Gasteiger partial charge in [-0.3, -0.25) is 4.90 Å². The second-order valence-electron chi connectivity index (χ2n) is 5.44. The maximum absolute atomic E-state index is 6.09. The largest absolute Gasteiger partial charge is 0.493 e. The monoisotopic (exact) mass is 357 g/mol. The number of aromatic nitrogens is 2. The Hall–Kier alpha value is -1.30. The van der Waals surface area contributed by atoms with E-state index in [1.807, 2.05) is 12.1 Å². The van der Waals surface area contributed by atoms with Crippen LogP contribution < -0.4 is 9.47 Å². The summed E-state index contributed by atoms with van der Waals surface area (Å²) in [5, 5.41) is 1.19. The van der Waals surface area contributed by atoms with E-state index in [-0.39, 0.29) is 12.4 Å². The maximum atomic E-state index is 6.09. The van der Waals surface area contributed by atoms with Crippen molar-refractivity contribution in [1.82, 2.24) is 14.9 Å². The van der Waals surface area contributed by atoms with Crippen LogP contribution in [-0.4, -0.2) is 48.2 Å². The van der Waals surface area contributed by atoms with Crippen LogP contribution in [0.3, 0.4) is 0 Å². The smallest absolute Gasteiger partial charge is 0.163 e. The summed E-state index contributed by atoms with van der Waals surface area (Å²) >= 11 is 6.09. The van der Waals surface area contributed by atoms with Gasteiger partial charge in [-0.25, -0.2) is 9.97 Å². The van der Waals surface area contributed by atoms with Crippen molar-refractivity contribution in [3.8, 4) is 11.5 Å². The van der Waals surface area contributed by atoms with Gasteiger partial charge in [0.2, 0.25) is 0 Å². The lowest BCUT2D eigenvalue weighted by Gasteiger charge is -2.26. The molecule has 1 saturated heterocycles. The van der Waals surface area contributed by atoms with Crippen LogP contribution in [-0.2, 0) is 0 Å². The second kappa shape index (κ2) is 8.52. The van der Waals surface area contributed by atoms with Crippen molar-refractivity contribution in [2.75, 3.05) is 33.4 Å². The summed E-state index contributed by atoms with van der Waals surface area (Å²) < 4.78 is 11.3. The molecular weight excluding hydrogens is 337 g/mol. The molecule has 0 amide bonds. The van der Waals surface area contributed by atoms with Crippen molar-refractivity contribution in [1.29, 1.82) is 0 Å². The standard InChI is InChI=1S/C16H20ClN3O2.ClH/c1-21-14-9-12-13(18-11-19-16(12)17)10-15(14)22-8-7-20-5-3-2-4-6-20;/h9-11H,2-8H2,1H3;1H. The number of methoxy groups -OCH3 is 1. The fourth-order valence-corrected chi connectivity index (χ4v) is 2.97. The number of fused-ring (bicyclic) bond motifs is 1. The molecule has 1 aliphatic heterocycles. The summed E-state index contributed by atoms with van der Waals surface area (Å²) in [5.74, 6) is 1.35. The Morgan fingerprint density at radius 3 is 2.65 bits per heavy atom. The first-order valence-corrected chi connectivity index (χ1v) is 7.99. The molecular formula is C16H21Cl2N3O2. The number of benzene rings is 1. The third kappa shape index (κ3) is 4.37. The third-order valence-corrected chi connectivity index (χ3v) is 4.29. The maximum Gasteiger partial charge on any atom is 0.163 e. The van der Waals surface area contributed by atoms with Crippen LogP contribution in [0.4, 0.5) is 0 Å². The molecule has 0 unspecified atom stereocenters. The molecule has 0 saturated carbocycles. The minimum absolute atomic E-state index is 0. The van der Waals surface area contributed by atoms with Gasteiger partial charge in [-0.1, -0.05) is 18.0 Å². The van der Waals surface area contributed by atoms with Crippen LogP contribution in [0, 0.1) is 0 Å². The fourth-order valence-electron chi connectivity index (χ4n) is 2.77. The average Bonchev–Trinajstić information content (AvgIpc) is 2.55. The molecule has 0 atom stereocenters. The summed E-state index contributed by atoms with van der Waals surface area (Å²) in [4.78, 5) is 10.7. The van der Waals surface area contributed by atoms with Gasteiger partial charge in [0.25, 0.3) is 0 Å². The number of nitrogens with zero attached hydrogens (tertiary/aromatic N) is 3. The molecule has 7 heteroatoms. The topological polar surface area (TPSA) is 47.5 Å². The van der Waals surface area contributed by atoms with E-state index in [1.54, 1.807) is 7.11 Å². The predicted octanol–water partition coefficient (Wildman–Crippen LogP) is 3.58. The van der Waals surface area contributed by atoms with Crippen molar-refractivity contribution in [2.24, 2.45) is 0 Å². The zero-order chi connectivity index (χ0) is 15.4. The van der Waals surface area contributed by atoms with Gasteiger partial charge in [0.15, 0.2) is 11.5 Å². The minimum Gasteiger partial charge on any atom is -0.493 e. The van der Waals surface area contributed by atoms with Gasteiger partial charge in [0, 0.05) is 18.0 Å². The number of ether oxygens (including phenoxy) is 2. The molecule has 2 heterocycles. The van der Waals surface area contributed by atoms with Crippen molar-refractivity contribution < 1.29 is 9.47 Å². The van der Waals surface area contributed by atoms with Crippen molar-refractivity contribution >= 4 is 34.9 Å². The van der Waals surface area contributed by atoms with Gasteiger partial charge in [0.05, 0.1) is 12.6 Å². The fraction of sp³-hybridized carbons (Fsp3) is 0.500.